The van der Waals surface area contributed by atoms with Crippen LogP contribution in [0.2, 0.25) is 0 Å². The first kappa shape index (κ1) is 13.7. The standard InChI is InChI=1S/C11H12ClFINO/c1-11(2,6-12)10(16)15-9-4-3-7(13)5-8(9)14/h3-5H,6H2,1-2H3,(H,15,16). The predicted octanol–water partition coefficient (Wildman–Crippen LogP) is 3.63. The Bertz CT molecular complexity index is 409. The van der Waals surface area contributed by atoms with E-state index < -0.39 is 5.41 Å². The highest BCUT2D eigenvalue weighted by molar-refractivity contribution is 14.1. The summed E-state index contributed by atoms with van der Waals surface area (Å²) >= 11 is 7.67. The third-order valence-electron chi connectivity index (χ3n) is 2.13. The molecule has 0 saturated heterocycles. The summed E-state index contributed by atoms with van der Waals surface area (Å²) in [6.45, 7) is 3.51. The molecule has 0 unspecified atom stereocenters. The molecule has 0 spiro atoms. The second kappa shape index (κ2) is 5.31. The second-order valence-corrected chi connectivity index (χ2v) is 5.53. The molecule has 16 heavy (non-hydrogen) atoms. The summed E-state index contributed by atoms with van der Waals surface area (Å²) in [7, 11) is 0. The molecular weight excluding hydrogens is 343 g/mol. The number of hydrogen-bond acceptors (Lipinski definition) is 1. The summed E-state index contributed by atoms with van der Waals surface area (Å²) in [5, 5.41) is 2.73. The predicted molar refractivity (Wildman–Crippen MR) is 72.2 cm³/mol. The molecule has 1 amide bonds. The minimum absolute atomic E-state index is 0.174. The van der Waals surface area contributed by atoms with Gasteiger partial charge in [0.1, 0.15) is 5.82 Å². The van der Waals surface area contributed by atoms with Gasteiger partial charge in [0.15, 0.2) is 0 Å². The number of benzene rings is 1. The van der Waals surface area contributed by atoms with Gasteiger partial charge in [0, 0.05) is 9.45 Å². The number of anilines is 1. The largest absolute Gasteiger partial charge is 0.325 e. The minimum atomic E-state index is -0.640. The Kier molecular flexibility index (Phi) is 4.55. The van der Waals surface area contributed by atoms with Gasteiger partial charge >= 0.3 is 0 Å². The lowest BCUT2D eigenvalue weighted by Crippen LogP contribution is -2.32. The molecule has 88 valence electrons. The number of carbonyl (C=O) groups is 1. The van der Waals surface area contributed by atoms with E-state index in [1.54, 1.807) is 19.9 Å². The van der Waals surface area contributed by atoms with E-state index in [-0.39, 0.29) is 17.6 Å². The van der Waals surface area contributed by atoms with E-state index in [9.17, 15) is 9.18 Å². The topological polar surface area (TPSA) is 29.1 Å². The summed E-state index contributed by atoms with van der Waals surface area (Å²) in [6, 6.07) is 4.22. The van der Waals surface area contributed by atoms with Gasteiger partial charge in [-0.15, -0.1) is 11.6 Å². The molecule has 0 aliphatic heterocycles. The maximum absolute atomic E-state index is 12.8. The first-order valence-corrected chi connectivity index (χ1v) is 6.30. The molecular formula is C11H12ClFINO. The molecule has 1 aromatic rings. The number of hydrogen-bond donors (Lipinski definition) is 1. The number of amides is 1. The molecule has 0 aliphatic rings. The van der Waals surface area contributed by atoms with Crippen molar-refractivity contribution in [3.63, 3.8) is 0 Å². The van der Waals surface area contributed by atoms with Crippen LogP contribution in [-0.4, -0.2) is 11.8 Å². The number of rotatable bonds is 3. The average Bonchev–Trinajstić information content (AvgIpc) is 2.22. The number of nitrogens with one attached hydrogen (secondary N) is 1. The van der Waals surface area contributed by atoms with E-state index >= 15 is 0 Å². The summed E-state index contributed by atoms with van der Waals surface area (Å²) in [4.78, 5) is 11.8. The van der Waals surface area contributed by atoms with E-state index in [1.807, 2.05) is 22.6 Å². The zero-order valence-corrected chi connectivity index (χ0v) is 11.9. The van der Waals surface area contributed by atoms with Crippen molar-refractivity contribution in [2.45, 2.75) is 13.8 Å². The lowest BCUT2D eigenvalue weighted by Gasteiger charge is -2.20. The SMILES string of the molecule is CC(C)(CCl)C(=O)Nc1ccc(F)cc1I. The third kappa shape index (κ3) is 3.31. The van der Waals surface area contributed by atoms with E-state index in [0.29, 0.717) is 9.26 Å². The van der Waals surface area contributed by atoms with Crippen LogP contribution in [0.15, 0.2) is 18.2 Å². The Labute approximate surface area is 113 Å². The van der Waals surface area contributed by atoms with Crippen LogP contribution in [0.3, 0.4) is 0 Å². The molecule has 0 bridgehead atoms. The van der Waals surface area contributed by atoms with Crippen LogP contribution in [0.1, 0.15) is 13.8 Å². The van der Waals surface area contributed by atoms with E-state index in [0.717, 1.165) is 0 Å². The van der Waals surface area contributed by atoms with Crippen LogP contribution in [0, 0.1) is 14.8 Å². The summed E-state index contributed by atoms with van der Waals surface area (Å²) in [5.74, 6) is -0.262. The van der Waals surface area contributed by atoms with Gasteiger partial charge in [-0.1, -0.05) is 0 Å². The normalized spacial score (nSPS) is 11.3. The number of alkyl halides is 1. The van der Waals surface area contributed by atoms with Crippen LogP contribution in [0.5, 0.6) is 0 Å². The first-order chi connectivity index (χ1) is 7.36. The Morgan fingerprint density at radius 3 is 2.69 bits per heavy atom. The molecule has 1 aromatic carbocycles. The Morgan fingerprint density at radius 2 is 2.19 bits per heavy atom. The molecule has 1 N–H and O–H groups in total. The minimum Gasteiger partial charge on any atom is -0.325 e. The maximum atomic E-state index is 12.8. The fourth-order valence-electron chi connectivity index (χ4n) is 0.943. The van der Waals surface area contributed by atoms with Crippen LogP contribution in [0.25, 0.3) is 0 Å². The van der Waals surface area contributed by atoms with Crippen molar-refractivity contribution >= 4 is 45.8 Å². The average molecular weight is 356 g/mol. The Morgan fingerprint density at radius 1 is 1.56 bits per heavy atom. The van der Waals surface area contributed by atoms with Gasteiger partial charge in [0.25, 0.3) is 0 Å². The van der Waals surface area contributed by atoms with Crippen molar-refractivity contribution in [1.29, 1.82) is 0 Å². The molecule has 2 nitrogen and oxygen atoms in total. The van der Waals surface area contributed by atoms with Crippen LogP contribution < -0.4 is 5.32 Å². The zero-order chi connectivity index (χ0) is 12.3. The van der Waals surface area contributed by atoms with Gasteiger partial charge in [-0.25, -0.2) is 4.39 Å². The molecule has 0 saturated carbocycles. The molecule has 0 aliphatic carbocycles. The van der Waals surface area contributed by atoms with Crippen molar-refractivity contribution in [2.75, 3.05) is 11.2 Å². The van der Waals surface area contributed by atoms with Crippen molar-refractivity contribution < 1.29 is 9.18 Å². The van der Waals surface area contributed by atoms with Crippen molar-refractivity contribution in [2.24, 2.45) is 5.41 Å². The number of carbonyl (C=O) groups excluding carboxylic acids is 1. The van der Waals surface area contributed by atoms with Gasteiger partial charge < -0.3 is 5.32 Å². The highest BCUT2D eigenvalue weighted by Crippen LogP contribution is 2.23. The monoisotopic (exact) mass is 355 g/mol. The Hall–Kier alpha value is -0.360. The van der Waals surface area contributed by atoms with Crippen molar-refractivity contribution in [1.82, 2.24) is 0 Å². The highest BCUT2D eigenvalue weighted by Gasteiger charge is 2.26. The molecule has 5 heteroatoms. The summed E-state index contributed by atoms with van der Waals surface area (Å²) < 4.78 is 13.5. The van der Waals surface area contributed by atoms with Crippen molar-refractivity contribution in [3.8, 4) is 0 Å². The molecule has 0 fully saturated rings. The lowest BCUT2D eigenvalue weighted by atomic mass is 9.95. The fraction of sp³-hybridized carbons (Fsp3) is 0.364. The highest BCUT2D eigenvalue weighted by atomic mass is 127. The second-order valence-electron chi connectivity index (χ2n) is 4.10. The molecule has 0 aromatic heterocycles. The molecule has 1 rings (SSSR count). The van der Waals surface area contributed by atoms with E-state index in [4.69, 9.17) is 11.6 Å². The third-order valence-corrected chi connectivity index (χ3v) is 3.69. The van der Waals surface area contributed by atoms with Gasteiger partial charge in [-0.3, -0.25) is 4.79 Å². The van der Waals surface area contributed by atoms with Gasteiger partial charge in [-0.05, 0) is 54.6 Å². The quantitative estimate of drug-likeness (QED) is 0.651. The number of halogens is 3. The molecule has 0 radical (unpaired) electrons. The van der Waals surface area contributed by atoms with E-state index in [2.05, 4.69) is 5.32 Å². The van der Waals surface area contributed by atoms with Crippen LogP contribution in [0.4, 0.5) is 10.1 Å². The van der Waals surface area contributed by atoms with Crippen LogP contribution in [-0.2, 0) is 4.79 Å². The fourth-order valence-corrected chi connectivity index (χ4v) is 1.68. The maximum Gasteiger partial charge on any atom is 0.231 e. The Balaban J connectivity index is 2.85. The smallest absolute Gasteiger partial charge is 0.231 e. The van der Waals surface area contributed by atoms with Crippen LogP contribution >= 0.6 is 34.2 Å². The zero-order valence-electron chi connectivity index (χ0n) is 8.98. The van der Waals surface area contributed by atoms with Gasteiger partial charge in [0.2, 0.25) is 5.91 Å². The van der Waals surface area contributed by atoms with Gasteiger partial charge in [-0.2, -0.15) is 0 Å². The summed E-state index contributed by atoms with van der Waals surface area (Å²) in [6.07, 6.45) is 0. The van der Waals surface area contributed by atoms with Crippen molar-refractivity contribution in [3.05, 3.63) is 27.6 Å². The first-order valence-electron chi connectivity index (χ1n) is 4.69. The van der Waals surface area contributed by atoms with E-state index in [1.165, 1.54) is 12.1 Å². The van der Waals surface area contributed by atoms with Gasteiger partial charge in [0.05, 0.1) is 11.1 Å². The summed E-state index contributed by atoms with van der Waals surface area (Å²) in [5.41, 5.74) is -0.0378. The lowest BCUT2D eigenvalue weighted by molar-refractivity contribution is -0.122. The molecule has 0 atom stereocenters. The molecule has 0 heterocycles.